The van der Waals surface area contributed by atoms with Crippen LogP contribution in [0.25, 0.3) is 0 Å². The van der Waals surface area contributed by atoms with E-state index in [0.717, 1.165) is 77.0 Å². The van der Waals surface area contributed by atoms with Crippen LogP contribution in [0.15, 0.2) is 56.2 Å². The second-order valence-corrected chi connectivity index (χ2v) is 16.0. The third-order valence-electron chi connectivity index (χ3n) is 10.8. The third-order valence-corrected chi connectivity index (χ3v) is 10.8. The molecule has 0 N–H and O–H groups in total. The van der Waals surface area contributed by atoms with E-state index in [2.05, 4.69) is 19.7 Å². The molecule has 6 nitrogen and oxygen atoms in total. The summed E-state index contributed by atoms with van der Waals surface area (Å²) in [4.78, 5) is 39.5. The number of esters is 3. The first-order valence-corrected chi connectivity index (χ1v) is 23.5. The molecule has 1 rings (SSSR count). The molecule has 0 atom stereocenters. The fraction of sp³-hybridized carbons (Fsp3) is 0.706. The van der Waals surface area contributed by atoms with Crippen LogP contribution < -0.4 is 0 Å². The van der Waals surface area contributed by atoms with Crippen molar-refractivity contribution in [2.45, 2.75) is 212 Å². The summed E-state index contributed by atoms with van der Waals surface area (Å²) >= 11 is 0. The van der Waals surface area contributed by atoms with Gasteiger partial charge in [-0.05, 0) is 76.0 Å². The predicted octanol–water partition coefficient (Wildman–Crippen LogP) is 15.6. The SMILES string of the molecule is C=CCCCCCCCCCCCCOC(=O)c1ccc(C(=O)OCCCCCCCCCCCCC=C)c(C(=O)OCCCCCCCCCCCCC=C)c1. The zero-order chi connectivity index (χ0) is 41.3. The Hall–Kier alpha value is -3.15. The van der Waals surface area contributed by atoms with Crippen LogP contribution >= 0.6 is 0 Å². The van der Waals surface area contributed by atoms with Gasteiger partial charge in [-0.25, -0.2) is 14.4 Å². The fourth-order valence-electron chi connectivity index (χ4n) is 7.17. The summed E-state index contributed by atoms with van der Waals surface area (Å²) in [5.74, 6) is -1.66. The highest BCUT2D eigenvalue weighted by Crippen LogP contribution is 2.19. The molecule has 0 heterocycles. The van der Waals surface area contributed by atoms with Crippen molar-refractivity contribution in [1.82, 2.24) is 0 Å². The number of hydrogen-bond acceptors (Lipinski definition) is 6. The van der Waals surface area contributed by atoms with E-state index in [9.17, 15) is 14.4 Å². The van der Waals surface area contributed by atoms with E-state index in [1.54, 1.807) is 6.07 Å². The molecule has 0 fully saturated rings. The van der Waals surface area contributed by atoms with Gasteiger partial charge in [0.1, 0.15) is 0 Å². The van der Waals surface area contributed by atoms with Gasteiger partial charge in [0.2, 0.25) is 0 Å². The van der Waals surface area contributed by atoms with Gasteiger partial charge in [-0.15, -0.1) is 19.7 Å². The normalized spacial score (nSPS) is 10.9. The molecule has 0 spiro atoms. The molecule has 0 bridgehead atoms. The lowest BCUT2D eigenvalue weighted by Crippen LogP contribution is -2.17. The van der Waals surface area contributed by atoms with Gasteiger partial charge >= 0.3 is 17.9 Å². The first-order chi connectivity index (χ1) is 28.0. The van der Waals surface area contributed by atoms with Gasteiger partial charge in [0, 0.05) is 0 Å². The Morgan fingerprint density at radius 2 is 0.614 bits per heavy atom. The average Bonchev–Trinajstić information content (AvgIpc) is 3.22. The van der Waals surface area contributed by atoms with Crippen molar-refractivity contribution in [2.24, 2.45) is 0 Å². The molecule has 0 aliphatic heterocycles. The highest BCUT2D eigenvalue weighted by atomic mass is 16.5. The van der Waals surface area contributed by atoms with Crippen LogP contribution in [0.1, 0.15) is 243 Å². The lowest BCUT2D eigenvalue weighted by Gasteiger charge is -2.12. The van der Waals surface area contributed by atoms with E-state index in [0.29, 0.717) is 13.2 Å². The fourth-order valence-corrected chi connectivity index (χ4v) is 7.17. The lowest BCUT2D eigenvalue weighted by atomic mass is 10.0. The summed E-state index contributed by atoms with van der Waals surface area (Å²) in [7, 11) is 0. The Morgan fingerprint density at radius 1 is 0.351 bits per heavy atom. The number of allylic oxidation sites excluding steroid dienone is 3. The van der Waals surface area contributed by atoms with E-state index in [1.165, 1.54) is 147 Å². The number of ether oxygens (including phenoxy) is 3. The van der Waals surface area contributed by atoms with Crippen molar-refractivity contribution in [3.05, 3.63) is 72.9 Å². The number of benzene rings is 1. The average molecular weight is 793 g/mol. The summed E-state index contributed by atoms with van der Waals surface area (Å²) in [6.45, 7) is 12.3. The summed E-state index contributed by atoms with van der Waals surface area (Å²) in [6, 6.07) is 4.50. The predicted molar refractivity (Wildman–Crippen MR) is 240 cm³/mol. The first kappa shape index (κ1) is 51.9. The van der Waals surface area contributed by atoms with E-state index in [1.807, 2.05) is 18.2 Å². The molecule has 0 aliphatic carbocycles. The van der Waals surface area contributed by atoms with Gasteiger partial charge in [-0.1, -0.05) is 172 Å². The maximum absolute atomic E-state index is 13.3. The Labute approximate surface area is 350 Å². The van der Waals surface area contributed by atoms with Crippen LogP contribution in [0.5, 0.6) is 0 Å². The Kier molecular flexibility index (Phi) is 36.1. The molecule has 6 heteroatoms. The monoisotopic (exact) mass is 793 g/mol. The van der Waals surface area contributed by atoms with E-state index < -0.39 is 17.9 Å². The van der Waals surface area contributed by atoms with Gasteiger partial charge < -0.3 is 14.2 Å². The molecule has 324 valence electrons. The van der Waals surface area contributed by atoms with Crippen molar-refractivity contribution < 1.29 is 28.6 Å². The zero-order valence-electron chi connectivity index (χ0n) is 36.5. The van der Waals surface area contributed by atoms with E-state index >= 15 is 0 Å². The second kappa shape index (κ2) is 39.7. The van der Waals surface area contributed by atoms with Crippen molar-refractivity contribution in [3.63, 3.8) is 0 Å². The molecule has 0 amide bonds. The second-order valence-electron chi connectivity index (χ2n) is 16.0. The molecule has 0 radical (unpaired) electrons. The molecule has 0 aromatic heterocycles. The van der Waals surface area contributed by atoms with Gasteiger partial charge in [0.15, 0.2) is 0 Å². The number of carbonyl (C=O) groups excluding carboxylic acids is 3. The molecule has 0 saturated carbocycles. The summed E-state index contributed by atoms with van der Waals surface area (Å²) in [5.41, 5.74) is 0.433. The quantitative estimate of drug-likeness (QED) is 0.0284. The number of carbonyl (C=O) groups is 3. The molecular formula is C51H84O6. The highest BCUT2D eigenvalue weighted by molar-refractivity contribution is 6.05. The molecular weight excluding hydrogens is 709 g/mol. The Balaban J connectivity index is 2.52. The maximum Gasteiger partial charge on any atom is 0.339 e. The molecule has 0 aliphatic rings. The summed E-state index contributed by atoms with van der Waals surface area (Å²) in [6.07, 6.45) is 44.6. The third kappa shape index (κ3) is 30.6. The Morgan fingerprint density at radius 3 is 0.930 bits per heavy atom. The molecule has 1 aromatic carbocycles. The maximum atomic E-state index is 13.3. The Bertz CT molecular complexity index is 1170. The van der Waals surface area contributed by atoms with Crippen LogP contribution in [-0.2, 0) is 14.2 Å². The summed E-state index contributed by atoms with van der Waals surface area (Å²) in [5, 5.41) is 0. The van der Waals surface area contributed by atoms with Crippen LogP contribution in [0.2, 0.25) is 0 Å². The van der Waals surface area contributed by atoms with Gasteiger partial charge in [-0.2, -0.15) is 0 Å². The van der Waals surface area contributed by atoms with Crippen molar-refractivity contribution in [3.8, 4) is 0 Å². The van der Waals surface area contributed by atoms with Crippen molar-refractivity contribution >= 4 is 17.9 Å². The van der Waals surface area contributed by atoms with Gasteiger partial charge in [-0.3, -0.25) is 0 Å². The van der Waals surface area contributed by atoms with Crippen LogP contribution in [-0.4, -0.2) is 37.7 Å². The van der Waals surface area contributed by atoms with Crippen LogP contribution in [0.4, 0.5) is 0 Å². The van der Waals surface area contributed by atoms with Crippen molar-refractivity contribution in [2.75, 3.05) is 19.8 Å². The molecule has 0 saturated heterocycles. The lowest BCUT2D eigenvalue weighted by molar-refractivity contribution is 0.0447. The molecule has 1 aromatic rings. The zero-order valence-corrected chi connectivity index (χ0v) is 36.5. The first-order valence-electron chi connectivity index (χ1n) is 23.5. The highest BCUT2D eigenvalue weighted by Gasteiger charge is 2.22. The standard InChI is InChI=1S/C51H84O6/c1-4-7-10-13-16-19-22-25-28-31-34-37-42-55-49(52)46-40-41-47(50(53)56-43-38-35-32-29-26-23-20-17-14-11-8-5-2)48(45-46)51(54)57-44-39-36-33-30-27-24-21-18-15-12-9-6-3/h4-6,40-41,45H,1-3,7-39,42-44H2. The van der Waals surface area contributed by atoms with E-state index in [4.69, 9.17) is 14.2 Å². The van der Waals surface area contributed by atoms with Crippen molar-refractivity contribution in [1.29, 1.82) is 0 Å². The smallest absolute Gasteiger partial charge is 0.339 e. The largest absolute Gasteiger partial charge is 0.462 e. The number of rotatable bonds is 42. The number of hydrogen-bond donors (Lipinski definition) is 0. The van der Waals surface area contributed by atoms with Crippen LogP contribution in [0, 0.1) is 0 Å². The van der Waals surface area contributed by atoms with E-state index in [-0.39, 0.29) is 23.3 Å². The number of unbranched alkanes of at least 4 members (excludes halogenated alkanes) is 30. The topological polar surface area (TPSA) is 78.9 Å². The summed E-state index contributed by atoms with van der Waals surface area (Å²) < 4.78 is 16.8. The minimum Gasteiger partial charge on any atom is -0.462 e. The van der Waals surface area contributed by atoms with Gasteiger partial charge in [0.25, 0.3) is 0 Å². The minimum atomic E-state index is -0.606. The minimum absolute atomic E-state index is 0.0627. The van der Waals surface area contributed by atoms with Crippen LogP contribution in [0.3, 0.4) is 0 Å². The molecule has 0 unspecified atom stereocenters. The molecule has 57 heavy (non-hydrogen) atoms. The van der Waals surface area contributed by atoms with Gasteiger partial charge in [0.05, 0.1) is 36.5 Å².